The van der Waals surface area contributed by atoms with E-state index in [-0.39, 0.29) is 5.92 Å². The Morgan fingerprint density at radius 3 is 2.06 bits per heavy atom. The number of halogens is 4. The van der Waals surface area contributed by atoms with Crippen LogP contribution in [0.25, 0.3) is 0 Å². The molecule has 0 heterocycles. The molecule has 96 valence electrons. The SMILES string of the molecule is CC(CC(O)(F)C(F)(F)F)C1CCCCC1. The maximum Gasteiger partial charge on any atom is 0.448 e. The van der Waals surface area contributed by atoms with Crippen LogP contribution in [0.3, 0.4) is 0 Å². The fourth-order valence-electron chi connectivity index (χ4n) is 2.41. The fraction of sp³-hybridized carbons (Fsp3) is 1.00. The van der Waals surface area contributed by atoms with E-state index in [1.807, 2.05) is 0 Å². The summed E-state index contributed by atoms with van der Waals surface area (Å²) in [4.78, 5) is 0. The molecule has 1 N–H and O–H groups in total. The summed E-state index contributed by atoms with van der Waals surface area (Å²) in [6.07, 6.45) is -1.26. The van der Waals surface area contributed by atoms with Gasteiger partial charge in [0.2, 0.25) is 0 Å². The maximum absolute atomic E-state index is 13.0. The number of hydrogen-bond acceptors (Lipinski definition) is 1. The van der Waals surface area contributed by atoms with Gasteiger partial charge in [0.15, 0.2) is 0 Å². The second kappa shape index (κ2) is 4.90. The van der Waals surface area contributed by atoms with E-state index in [0.29, 0.717) is 0 Å². The van der Waals surface area contributed by atoms with Crippen molar-refractivity contribution >= 4 is 0 Å². The van der Waals surface area contributed by atoms with Crippen molar-refractivity contribution in [2.45, 2.75) is 57.5 Å². The first kappa shape index (κ1) is 13.7. The van der Waals surface area contributed by atoms with E-state index in [4.69, 9.17) is 5.11 Å². The third kappa shape index (κ3) is 3.34. The highest BCUT2D eigenvalue weighted by Gasteiger charge is 2.55. The Morgan fingerprint density at radius 1 is 1.12 bits per heavy atom. The van der Waals surface area contributed by atoms with Crippen LogP contribution in [-0.4, -0.2) is 17.1 Å². The molecular formula is C11H18F4O. The molecule has 0 aliphatic heterocycles. The second-order valence-corrected chi connectivity index (χ2v) is 4.84. The van der Waals surface area contributed by atoms with Crippen molar-refractivity contribution in [1.82, 2.24) is 0 Å². The van der Waals surface area contributed by atoms with Crippen LogP contribution in [0.15, 0.2) is 0 Å². The zero-order chi connectivity index (χ0) is 12.4. The monoisotopic (exact) mass is 242 g/mol. The minimum absolute atomic E-state index is 0.110. The molecule has 1 saturated carbocycles. The van der Waals surface area contributed by atoms with Gasteiger partial charge in [-0.25, -0.2) is 4.39 Å². The van der Waals surface area contributed by atoms with Gasteiger partial charge in [0.05, 0.1) is 0 Å². The molecule has 1 aliphatic rings. The van der Waals surface area contributed by atoms with Crippen molar-refractivity contribution in [2.24, 2.45) is 11.8 Å². The molecule has 16 heavy (non-hydrogen) atoms. The van der Waals surface area contributed by atoms with E-state index in [9.17, 15) is 17.6 Å². The molecule has 0 amide bonds. The topological polar surface area (TPSA) is 20.2 Å². The summed E-state index contributed by atoms with van der Waals surface area (Å²) in [6.45, 7) is 1.59. The van der Waals surface area contributed by atoms with E-state index in [1.165, 1.54) is 0 Å². The Kier molecular flexibility index (Phi) is 4.21. The minimum Gasteiger partial charge on any atom is -0.355 e. The summed E-state index contributed by atoms with van der Waals surface area (Å²) in [5.74, 6) is -4.36. The van der Waals surface area contributed by atoms with Crippen molar-refractivity contribution in [3.8, 4) is 0 Å². The Hall–Kier alpha value is -0.320. The molecule has 1 aliphatic carbocycles. The Labute approximate surface area is 92.8 Å². The Morgan fingerprint density at radius 2 is 1.62 bits per heavy atom. The molecule has 0 saturated heterocycles. The third-order valence-corrected chi connectivity index (χ3v) is 3.48. The number of rotatable bonds is 3. The smallest absolute Gasteiger partial charge is 0.355 e. The van der Waals surface area contributed by atoms with E-state index in [2.05, 4.69) is 0 Å². The summed E-state index contributed by atoms with van der Waals surface area (Å²) < 4.78 is 49.4. The molecule has 0 radical (unpaired) electrons. The summed E-state index contributed by atoms with van der Waals surface area (Å²) >= 11 is 0. The summed E-state index contributed by atoms with van der Waals surface area (Å²) in [7, 11) is 0. The van der Waals surface area contributed by atoms with Gasteiger partial charge in [-0.15, -0.1) is 0 Å². The lowest BCUT2D eigenvalue weighted by atomic mass is 9.78. The van der Waals surface area contributed by atoms with Crippen LogP contribution >= 0.6 is 0 Å². The molecule has 1 nitrogen and oxygen atoms in total. The van der Waals surface area contributed by atoms with Gasteiger partial charge in [0, 0.05) is 6.42 Å². The quantitative estimate of drug-likeness (QED) is 0.746. The second-order valence-electron chi connectivity index (χ2n) is 4.84. The van der Waals surface area contributed by atoms with Crippen LogP contribution in [0.4, 0.5) is 17.6 Å². The highest BCUT2D eigenvalue weighted by atomic mass is 19.4. The first-order valence-corrected chi connectivity index (χ1v) is 5.72. The van der Waals surface area contributed by atoms with Gasteiger partial charge in [-0.05, 0) is 11.8 Å². The number of hydrogen-bond donors (Lipinski definition) is 1. The van der Waals surface area contributed by atoms with E-state index < -0.39 is 24.4 Å². The van der Waals surface area contributed by atoms with E-state index in [0.717, 1.165) is 32.1 Å². The molecular weight excluding hydrogens is 224 g/mol. The Balaban J connectivity index is 2.52. The van der Waals surface area contributed by atoms with Crippen LogP contribution in [0.1, 0.15) is 45.4 Å². The summed E-state index contributed by atoms with van der Waals surface area (Å²) in [6, 6.07) is 0. The van der Waals surface area contributed by atoms with Crippen molar-refractivity contribution in [1.29, 1.82) is 0 Å². The van der Waals surface area contributed by atoms with Crippen LogP contribution in [-0.2, 0) is 0 Å². The standard InChI is InChI=1S/C11H18F4O/c1-8(9-5-3-2-4-6-9)7-10(12,16)11(13,14)15/h8-9,16H,2-7H2,1H3. The van der Waals surface area contributed by atoms with Gasteiger partial charge in [0.25, 0.3) is 0 Å². The van der Waals surface area contributed by atoms with Crippen LogP contribution in [0.5, 0.6) is 0 Å². The third-order valence-electron chi connectivity index (χ3n) is 3.48. The van der Waals surface area contributed by atoms with Gasteiger partial charge in [-0.1, -0.05) is 39.0 Å². The molecule has 0 aromatic rings. The molecule has 2 atom stereocenters. The average molecular weight is 242 g/mol. The zero-order valence-electron chi connectivity index (χ0n) is 9.36. The number of aliphatic hydroxyl groups is 1. The molecule has 2 unspecified atom stereocenters. The molecule has 1 fully saturated rings. The first-order chi connectivity index (χ1) is 7.24. The fourth-order valence-corrected chi connectivity index (χ4v) is 2.41. The van der Waals surface area contributed by atoms with Crippen molar-refractivity contribution < 1.29 is 22.7 Å². The first-order valence-electron chi connectivity index (χ1n) is 5.72. The molecule has 0 aromatic carbocycles. The largest absolute Gasteiger partial charge is 0.448 e. The molecule has 5 heteroatoms. The van der Waals surface area contributed by atoms with Crippen LogP contribution in [0, 0.1) is 11.8 Å². The highest BCUT2D eigenvalue weighted by molar-refractivity contribution is 4.81. The van der Waals surface area contributed by atoms with E-state index in [1.54, 1.807) is 6.92 Å². The number of alkyl halides is 4. The van der Waals surface area contributed by atoms with Gasteiger partial charge < -0.3 is 5.11 Å². The maximum atomic E-state index is 13.0. The lowest BCUT2D eigenvalue weighted by molar-refractivity contribution is -0.321. The molecule has 1 rings (SSSR count). The predicted octanol–water partition coefficient (Wildman–Crippen LogP) is 3.81. The van der Waals surface area contributed by atoms with Gasteiger partial charge in [-0.3, -0.25) is 0 Å². The Bertz CT molecular complexity index is 219. The van der Waals surface area contributed by atoms with E-state index >= 15 is 0 Å². The van der Waals surface area contributed by atoms with Gasteiger partial charge in [-0.2, -0.15) is 13.2 Å². The van der Waals surface area contributed by atoms with Crippen LogP contribution in [0.2, 0.25) is 0 Å². The van der Waals surface area contributed by atoms with Crippen molar-refractivity contribution in [3.05, 3.63) is 0 Å². The predicted molar refractivity (Wildman–Crippen MR) is 52.5 cm³/mol. The lowest BCUT2D eigenvalue weighted by Gasteiger charge is -2.31. The minimum atomic E-state index is -5.18. The lowest BCUT2D eigenvalue weighted by Crippen LogP contribution is -2.43. The molecule has 0 bridgehead atoms. The highest BCUT2D eigenvalue weighted by Crippen LogP contribution is 2.40. The van der Waals surface area contributed by atoms with Crippen molar-refractivity contribution in [3.63, 3.8) is 0 Å². The average Bonchev–Trinajstić information content (AvgIpc) is 2.16. The normalized spacial score (nSPS) is 25.1. The van der Waals surface area contributed by atoms with Crippen LogP contribution < -0.4 is 0 Å². The zero-order valence-corrected chi connectivity index (χ0v) is 9.36. The summed E-state index contributed by atoms with van der Waals surface area (Å²) in [5, 5.41) is 8.76. The summed E-state index contributed by atoms with van der Waals surface area (Å²) in [5.41, 5.74) is 0. The van der Waals surface area contributed by atoms with Crippen molar-refractivity contribution in [2.75, 3.05) is 0 Å². The molecule has 0 spiro atoms. The van der Waals surface area contributed by atoms with Gasteiger partial charge >= 0.3 is 12.0 Å². The molecule has 0 aromatic heterocycles. The van der Waals surface area contributed by atoms with Gasteiger partial charge in [0.1, 0.15) is 0 Å².